The summed E-state index contributed by atoms with van der Waals surface area (Å²) in [5.74, 6) is 0.720. The van der Waals surface area contributed by atoms with Crippen molar-refractivity contribution in [1.29, 1.82) is 0 Å². The summed E-state index contributed by atoms with van der Waals surface area (Å²) in [7, 11) is 0. The van der Waals surface area contributed by atoms with E-state index in [0.717, 1.165) is 22.9 Å². The number of aromatic nitrogens is 2. The standard InChI is InChI=1S/C14H15N3O2S2/c18-12(11-7-4-8-19-11)15-13-16-17-14(21-13)20-9-10-5-2-1-3-6-10/h1-3,5-6,11H,4,7-9H2,(H,15,16,18). The van der Waals surface area contributed by atoms with Gasteiger partial charge in [0.1, 0.15) is 6.10 Å². The molecule has 1 aliphatic rings. The van der Waals surface area contributed by atoms with Crippen molar-refractivity contribution in [3.05, 3.63) is 35.9 Å². The molecule has 1 fully saturated rings. The number of ether oxygens (including phenoxy) is 1. The number of anilines is 1. The fourth-order valence-electron chi connectivity index (χ4n) is 2.01. The summed E-state index contributed by atoms with van der Waals surface area (Å²) in [6.45, 7) is 0.659. The van der Waals surface area contributed by atoms with Crippen LogP contribution in [-0.4, -0.2) is 28.8 Å². The van der Waals surface area contributed by atoms with Crippen molar-refractivity contribution in [3.63, 3.8) is 0 Å². The van der Waals surface area contributed by atoms with Crippen LogP contribution < -0.4 is 5.32 Å². The van der Waals surface area contributed by atoms with Gasteiger partial charge >= 0.3 is 0 Å². The zero-order valence-electron chi connectivity index (χ0n) is 11.3. The molecule has 1 saturated heterocycles. The van der Waals surface area contributed by atoms with Crippen LogP contribution in [0.25, 0.3) is 0 Å². The van der Waals surface area contributed by atoms with Crippen molar-refractivity contribution >= 4 is 34.1 Å². The highest BCUT2D eigenvalue weighted by molar-refractivity contribution is 8.00. The Morgan fingerprint density at radius 1 is 1.38 bits per heavy atom. The quantitative estimate of drug-likeness (QED) is 0.677. The van der Waals surface area contributed by atoms with Crippen LogP contribution in [0.15, 0.2) is 34.7 Å². The number of carbonyl (C=O) groups excluding carboxylic acids is 1. The minimum Gasteiger partial charge on any atom is -0.368 e. The van der Waals surface area contributed by atoms with Crippen LogP contribution in [0.5, 0.6) is 0 Å². The first kappa shape index (κ1) is 14.5. The summed E-state index contributed by atoms with van der Waals surface area (Å²) >= 11 is 3.01. The Balaban J connectivity index is 1.52. The molecule has 2 heterocycles. The lowest BCUT2D eigenvalue weighted by atomic mass is 10.2. The fourth-order valence-corrected chi connectivity index (χ4v) is 3.72. The highest BCUT2D eigenvalue weighted by Crippen LogP contribution is 2.28. The van der Waals surface area contributed by atoms with Gasteiger partial charge in [0.2, 0.25) is 5.13 Å². The highest BCUT2D eigenvalue weighted by Gasteiger charge is 2.24. The van der Waals surface area contributed by atoms with Gasteiger partial charge < -0.3 is 4.74 Å². The van der Waals surface area contributed by atoms with Crippen molar-refractivity contribution in [1.82, 2.24) is 10.2 Å². The Kier molecular flexibility index (Phi) is 4.84. The number of benzene rings is 1. The molecule has 5 nitrogen and oxygen atoms in total. The van der Waals surface area contributed by atoms with E-state index in [0.29, 0.717) is 11.7 Å². The number of nitrogens with one attached hydrogen (secondary N) is 1. The summed E-state index contributed by atoms with van der Waals surface area (Å²) in [6.07, 6.45) is 1.38. The van der Waals surface area contributed by atoms with Crippen LogP contribution in [0.1, 0.15) is 18.4 Å². The summed E-state index contributed by atoms with van der Waals surface area (Å²) < 4.78 is 6.19. The number of rotatable bonds is 5. The second-order valence-electron chi connectivity index (χ2n) is 4.64. The summed E-state index contributed by atoms with van der Waals surface area (Å²) in [4.78, 5) is 11.9. The van der Waals surface area contributed by atoms with Crippen LogP contribution in [0.2, 0.25) is 0 Å². The Hall–Kier alpha value is -1.44. The van der Waals surface area contributed by atoms with E-state index in [1.165, 1.54) is 16.9 Å². The van der Waals surface area contributed by atoms with Gasteiger partial charge in [0.15, 0.2) is 4.34 Å². The van der Waals surface area contributed by atoms with Crippen LogP contribution in [0.4, 0.5) is 5.13 Å². The normalized spacial score (nSPS) is 17.8. The van der Waals surface area contributed by atoms with Crippen molar-refractivity contribution in [2.45, 2.75) is 29.0 Å². The SMILES string of the molecule is O=C(Nc1nnc(SCc2ccccc2)s1)C1CCCO1. The van der Waals surface area contributed by atoms with E-state index in [2.05, 4.69) is 27.6 Å². The number of amides is 1. The van der Waals surface area contributed by atoms with Gasteiger partial charge in [0, 0.05) is 12.4 Å². The first-order valence-electron chi connectivity index (χ1n) is 6.74. The van der Waals surface area contributed by atoms with E-state index in [-0.39, 0.29) is 12.0 Å². The van der Waals surface area contributed by atoms with Gasteiger partial charge in [-0.25, -0.2) is 0 Å². The van der Waals surface area contributed by atoms with Crippen molar-refractivity contribution in [2.75, 3.05) is 11.9 Å². The molecule has 3 rings (SSSR count). The largest absolute Gasteiger partial charge is 0.368 e. The molecule has 1 amide bonds. The molecule has 7 heteroatoms. The summed E-state index contributed by atoms with van der Waals surface area (Å²) in [5.41, 5.74) is 1.24. The molecular formula is C14H15N3O2S2. The van der Waals surface area contributed by atoms with Crippen molar-refractivity contribution in [3.8, 4) is 0 Å². The third kappa shape index (κ3) is 4.03. The Labute approximate surface area is 131 Å². The maximum absolute atomic E-state index is 11.9. The van der Waals surface area contributed by atoms with E-state index in [1.54, 1.807) is 11.8 Å². The number of hydrogen-bond donors (Lipinski definition) is 1. The third-order valence-corrected chi connectivity index (χ3v) is 5.11. The van der Waals surface area contributed by atoms with E-state index in [9.17, 15) is 4.79 Å². The molecule has 0 spiro atoms. The van der Waals surface area contributed by atoms with E-state index in [1.807, 2.05) is 18.2 Å². The van der Waals surface area contributed by atoms with Gasteiger partial charge in [-0.1, -0.05) is 53.4 Å². The second-order valence-corrected chi connectivity index (χ2v) is 6.84. The molecule has 1 aromatic carbocycles. The molecule has 2 aromatic rings. The number of carbonyl (C=O) groups is 1. The Morgan fingerprint density at radius 2 is 2.24 bits per heavy atom. The summed E-state index contributed by atoms with van der Waals surface area (Å²) in [6, 6.07) is 10.2. The number of thioether (sulfide) groups is 1. The predicted octanol–water partition coefficient (Wildman–Crippen LogP) is 2.95. The van der Waals surface area contributed by atoms with Crippen LogP contribution in [-0.2, 0) is 15.3 Å². The van der Waals surface area contributed by atoms with Gasteiger partial charge in [-0.15, -0.1) is 10.2 Å². The Morgan fingerprint density at radius 3 is 3.00 bits per heavy atom. The van der Waals surface area contributed by atoms with Gasteiger partial charge in [0.05, 0.1) is 0 Å². The maximum atomic E-state index is 11.9. The second kappa shape index (κ2) is 7.02. The highest BCUT2D eigenvalue weighted by atomic mass is 32.2. The molecular weight excluding hydrogens is 306 g/mol. The van der Waals surface area contributed by atoms with Gasteiger partial charge in [-0.05, 0) is 18.4 Å². The molecule has 1 N–H and O–H groups in total. The van der Waals surface area contributed by atoms with Crippen LogP contribution >= 0.6 is 23.1 Å². The molecule has 0 aliphatic carbocycles. The number of nitrogens with zero attached hydrogens (tertiary/aromatic N) is 2. The monoisotopic (exact) mass is 321 g/mol. The first-order chi connectivity index (χ1) is 10.3. The zero-order valence-corrected chi connectivity index (χ0v) is 13.0. The average molecular weight is 321 g/mol. The lowest BCUT2D eigenvalue weighted by Crippen LogP contribution is -2.26. The van der Waals surface area contributed by atoms with Crippen LogP contribution in [0.3, 0.4) is 0 Å². The van der Waals surface area contributed by atoms with Gasteiger partial charge in [0.25, 0.3) is 5.91 Å². The van der Waals surface area contributed by atoms with E-state index >= 15 is 0 Å². The lowest BCUT2D eigenvalue weighted by molar-refractivity contribution is -0.124. The fraction of sp³-hybridized carbons (Fsp3) is 0.357. The average Bonchev–Trinajstić information content (AvgIpc) is 3.18. The van der Waals surface area contributed by atoms with Gasteiger partial charge in [-0.2, -0.15) is 0 Å². The van der Waals surface area contributed by atoms with E-state index < -0.39 is 0 Å². The molecule has 0 saturated carbocycles. The van der Waals surface area contributed by atoms with Crippen LogP contribution in [0, 0.1) is 0 Å². The molecule has 110 valence electrons. The molecule has 1 aliphatic heterocycles. The molecule has 1 unspecified atom stereocenters. The predicted molar refractivity (Wildman–Crippen MR) is 83.5 cm³/mol. The minimum atomic E-state index is -0.339. The Bertz CT molecular complexity index is 597. The lowest BCUT2D eigenvalue weighted by Gasteiger charge is -2.06. The molecule has 21 heavy (non-hydrogen) atoms. The minimum absolute atomic E-state index is 0.122. The molecule has 1 atom stereocenters. The van der Waals surface area contributed by atoms with Gasteiger partial charge in [-0.3, -0.25) is 10.1 Å². The maximum Gasteiger partial charge on any atom is 0.255 e. The zero-order chi connectivity index (χ0) is 14.5. The first-order valence-corrected chi connectivity index (χ1v) is 8.54. The molecule has 0 bridgehead atoms. The topological polar surface area (TPSA) is 64.1 Å². The molecule has 0 radical (unpaired) electrons. The molecule has 1 aromatic heterocycles. The number of hydrogen-bond acceptors (Lipinski definition) is 6. The third-order valence-electron chi connectivity index (χ3n) is 3.06. The summed E-state index contributed by atoms with van der Waals surface area (Å²) in [5, 5.41) is 11.4. The van der Waals surface area contributed by atoms with Crippen molar-refractivity contribution < 1.29 is 9.53 Å². The smallest absolute Gasteiger partial charge is 0.255 e. The van der Waals surface area contributed by atoms with Crippen molar-refractivity contribution in [2.24, 2.45) is 0 Å². The van der Waals surface area contributed by atoms with E-state index in [4.69, 9.17) is 4.74 Å².